The van der Waals surface area contributed by atoms with Gasteiger partial charge >= 0.3 is 5.69 Å². The molecule has 0 radical (unpaired) electrons. The average molecular weight is 493 g/mol. The first-order valence-corrected chi connectivity index (χ1v) is 10.6. The molecule has 1 amide bonds. The highest BCUT2D eigenvalue weighted by atomic mass is 16.6. The number of methoxy groups -OCH3 is 1. The van der Waals surface area contributed by atoms with Crippen LogP contribution in [0.2, 0.25) is 0 Å². The quantitative estimate of drug-likeness (QED) is 0.236. The molecule has 186 valence electrons. The highest BCUT2D eigenvalue weighted by molar-refractivity contribution is 5.92. The minimum atomic E-state index is -0.740. The van der Waals surface area contributed by atoms with Gasteiger partial charge in [0.1, 0.15) is 5.69 Å². The molecule has 0 atom stereocenters. The number of nitro groups is 2. The number of hydrogen-bond acceptors (Lipinski definition) is 9. The van der Waals surface area contributed by atoms with Gasteiger partial charge in [0.2, 0.25) is 0 Å². The van der Waals surface area contributed by atoms with Crippen molar-refractivity contribution < 1.29 is 24.1 Å². The number of nitro benzene ring substituents is 2. The largest absolute Gasteiger partial charge is 0.493 e. The van der Waals surface area contributed by atoms with E-state index in [4.69, 9.17) is 9.47 Å². The summed E-state index contributed by atoms with van der Waals surface area (Å²) in [6.45, 7) is 3.71. The number of rotatable bonds is 10. The Kier molecular flexibility index (Phi) is 8.13. The van der Waals surface area contributed by atoms with Gasteiger partial charge in [-0.1, -0.05) is 6.07 Å². The standard InChI is InChI=1S/C24H23N5O7/c1-15-4-6-18(10-16(15)2)26-24(30)14-36-22-9-5-17(11-23(22)35-3)13-25-27-20-8-7-19(28(31)32)12-21(20)29(33)34/h4-13,27H,14H2,1-3H3,(H,26,30)/b25-13+. The number of nitrogens with one attached hydrogen (secondary N) is 2. The summed E-state index contributed by atoms with van der Waals surface area (Å²) < 4.78 is 10.9. The molecule has 0 aliphatic rings. The number of carbonyl (C=O) groups excluding carboxylic acids is 1. The summed E-state index contributed by atoms with van der Waals surface area (Å²) in [5.74, 6) is 0.350. The van der Waals surface area contributed by atoms with Crippen molar-refractivity contribution in [2.45, 2.75) is 13.8 Å². The SMILES string of the molecule is COc1cc(/C=N/Nc2ccc([N+](=O)[O-])cc2[N+](=O)[O-])ccc1OCC(=O)Nc1ccc(C)c(C)c1. The highest BCUT2D eigenvalue weighted by Gasteiger charge is 2.19. The number of hydrazone groups is 1. The molecule has 12 heteroatoms. The third-order valence-electron chi connectivity index (χ3n) is 5.12. The van der Waals surface area contributed by atoms with Crippen molar-refractivity contribution in [1.82, 2.24) is 0 Å². The fourth-order valence-corrected chi connectivity index (χ4v) is 3.10. The number of ether oxygens (including phenoxy) is 2. The second-order valence-corrected chi connectivity index (χ2v) is 7.63. The molecule has 0 saturated carbocycles. The number of hydrogen-bond donors (Lipinski definition) is 2. The lowest BCUT2D eigenvalue weighted by molar-refractivity contribution is -0.393. The van der Waals surface area contributed by atoms with Gasteiger partial charge in [-0.3, -0.25) is 30.4 Å². The van der Waals surface area contributed by atoms with Crippen LogP contribution in [-0.4, -0.2) is 35.7 Å². The third-order valence-corrected chi connectivity index (χ3v) is 5.12. The van der Waals surface area contributed by atoms with E-state index in [1.165, 1.54) is 19.4 Å². The van der Waals surface area contributed by atoms with Gasteiger partial charge in [0.15, 0.2) is 18.1 Å². The van der Waals surface area contributed by atoms with Crippen LogP contribution in [0.1, 0.15) is 16.7 Å². The number of aryl methyl sites for hydroxylation is 2. The number of anilines is 2. The molecule has 12 nitrogen and oxygen atoms in total. The lowest BCUT2D eigenvalue weighted by Crippen LogP contribution is -2.20. The number of nitrogens with zero attached hydrogens (tertiary/aromatic N) is 3. The Morgan fingerprint density at radius 2 is 1.75 bits per heavy atom. The van der Waals surface area contributed by atoms with Crippen molar-refractivity contribution in [3.8, 4) is 11.5 Å². The zero-order valence-corrected chi connectivity index (χ0v) is 19.7. The van der Waals surface area contributed by atoms with Crippen LogP contribution in [0.3, 0.4) is 0 Å². The molecular formula is C24H23N5O7. The Balaban J connectivity index is 1.64. The summed E-state index contributed by atoms with van der Waals surface area (Å²) in [6.07, 6.45) is 1.38. The first-order valence-electron chi connectivity index (χ1n) is 10.6. The van der Waals surface area contributed by atoms with E-state index in [0.29, 0.717) is 22.7 Å². The van der Waals surface area contributed by atoms with Crippen LogP contribution >= 0.6 is 0 Å². The topological polar surface area (TPSA) is 158 Å². The summed E-state index contributed by atoms with van der Waals surface area (Å²) in [7, 11) is 1.44. The summed E-state index contributed by atoms with van der Waals surface area (Å²) in [6, 6.07) is 13.6. The Labute approximate surface area is 205 Å². The van der Waals surface area contributed by atoms with E-state index >= 15 is 0 Å². The third kappa shape index (κ3) is 6.53. The van der Waals surface area contributed by atoms with E-state index < -0.39 is 21.2 Å². The van der Waals surface area contributed by atoms with Crippen molar-refractivity contribution in [1.29, 1.82) is 0 Å². The molecule has 0 fully saturated rings. The summed E-state index contributed by atoms with van der Waals surface area (Å²) >= 11 is 0. The summed E-state index contributed by atoms with van der Waals surface area (Å²) in [4.78, 5) is 32.9. The maximum atomic E-state index is 12.3. The van der Waals surface area contributed by atoms with Gasteiger partial charge in [-0.25, -0.2) is 0 Å². The zero-order chi connectivity index (χ0) is 26.2. The van der Waals surface area contributed by atoms with E-state index in [0.717, 1.165) is 23.3 Å². The summed E-state index contributed by atoms with van der Waals surface area (Å²) in [5.41, 5.74) is 5.04. The predicted molar refractivity (Wildman–Crippen MR) is 134 cm³/mol. The monoisotopic (exact) mass is 493 g/mol. The molecule has 0 spiro atoms. The minimum Gasteiger partial charge on any atom is -0.493 e. The smallest absolute Gasteiger partial charge is 0.301 e. The number of carbonyl (C=O) groups is 1. The Bertz CT molecular complexity index is 1340. The molecule has 2 N–H and O–H groups in total. The maximum Gasteiger partial charge on any atom is 0.301 e. The average Bonchev–Trinajstić information content (AvgIpc) is 2.85. The van der Waals surface area contributed by atoms with Gasteiger partial charge < -0.3 is 14.8 Å². The van der Waals surface area contributed by atoms with Crippen molar-refractivity contribution in [3.63, 3.8) is 0 Å². The van der Waals surface area contributed by atoms with Crippen LogP contribution in [0.5, 0.6) is 11.5 Å². The lowest BCUT2D eigenvalue weighted by atomic mass is 10.1. The van der Waals surface area contributed by atoms with Gasteiger partial charge in [0.05, 0.1) is 29.2 Å². The molecule has 0 saturated heterocycles. The number of non-ortho nitro benzene ring substituents is 1. The zero-order valence-electron chi connectivity index (χ0n) is 19.7. The van der Waals surface area contributed by atoms with Crippen molar-refractivity contribution in [3.05, 3.63) is 91.5 Å². The minimum absolute atomic E-state index is 0.0106. The van der Waals surface area contributed by atoms with Gasteiger partial charge in [0, 0.05) is 11.8 Å². The van der Waals surface area contributed by atoms with Crippen LogP contribution in [0.4, 0.5) is 22.7 Å². The van der Waals surface area contributed by atoms with E-state index in [1.807, 2.05) is 32.0 Å². The first kappa shape index (κ1) is 25.6. The van der Waals surface area contributed by atoms with E-state index in [-0.39, 0.29) is 18.2 Å². The van der Waals surface area contributed by atoms with Crippen LogP contribution in [0, 0.1) is 34.1 Å². The first-order chi connectivity index (χ1) is 17.2. The molecule has 3 aromatic rings. The number of amides is 1. The molecule has 0 heterocycles. The highest BCUT2D eigenvalue weighted by Crippen LogP contribution is 2.30. The molecule has 3 aromatic carbocycles. The second-order valence-electron chi connectivity index (χ2n) is 7.63. The van der Waals surface area contributed by atoms with Crippen molar-refractivity contribution in [2.75, 3.05) is 24.5 Å². The van der Waals surface area contributed by atoms with Crippen LogP contribution in [0.15, 0.2) is 59.7 Å². The molecule has 0 unspecified atom stereocenters. The molecule has 36 heavy (non-hydrogen) atoms. The van der Waals surface area contributed by atoms with Gasteiger partial charge in [0.25, 0.3) is 11.6 Å². The molecule has 0 aliphatic heterocycles. The maximum absolute atomic E-state index is 12.3. The fraction of sp³-hybridized carbons (Fsp3) is 0.167. The molecular weight excluding hydrogens is 470 g/mol. The molecule has 0 aliphatic carbocycles. The van der Waals surface area contributed by atoms with Gasteiger partial charge in [-0.15, -0.1) is 0 Å². The fourth-order valence-electron chi connectivity index (χ4n) is 3.10. The van der Waals surface area contributed by atoms with Crippen LogP contribution in [0.25, 0.3) is 0 Å². The molecule has 3 rings (SSSR count). The summed E-state index contributed by atoms with van der Waals surface area (Å²) in [5, 5.41) is 28.8. The Morgan fingerprint density at radius 1 is 0.972 bits per heavy atom. The second kappa shape index (κ2) is 11.4. The molecule has 0 bridgehead atoms. The van der Waals surface area contributed by atoms with E-state index in [9.17, 15) is 25.0 Å². The van der Waals surface area contributed by atoms with Gasteiger partial charge in [-0.2, -0.15) is 5.10 Å². The van der Waals surface area contributed by atoms with E-state index in [1.54, 1.807) is 18.2 Å². The normalized spacial score (nSPS) is 10.6. The van der Waals surface area contributed by atoms with E-state index in [2.05, 4.69) is 15.8 Å². The number of benzene rings is 3. The van der Waals surface area contributed by atoms with Crippen molar-refractivity contribution in [2.24, 2.45) is 5.10 Å². The Morgan fingerprint density at radius 3 is 2.42 bits per heavy atom. The van der Waals surface area contributed by atoms with Gasteiger partial charge in [-0.05, 0) is 66.9 Å². The van der Waals surface area contributed by atoms with Crippen LogP contribution < -0.4 is 20.2 Å². The van der Waals surface area contributed by atoms with Crippen LogP contribution in [-0.2, 0) is 4.79 Å². The lowest BCUT2D eigenvalue weighted by Gasteiger charge is -2.12. The predicted octanol–water partition coefficient (Wildman–Crippen LogP) is 4.59. The van der Waals surface area contributed by atoms with Crippen molar-refractivity contribution >= 4 is 34.9 Å². The molecule has 0 aromatic heterocycles. The Hall–Kier alpha value is -5.00.